The number of pyridine rings is 1. The molecule has 2 amide bonds. The number of urea groups is 1. The van der Waals surface area contributed by atoms with Gasteiger partial charge in [0.1, 0.15) is 0 Å². The summed E-state index contributed by atoms with van der Waals surface area (Å²) in [6.45, 7) is 3.76. The van der Waals surface area contributed by atoms with E-state index in [0.29, 0.717) is 48.3 Å². The second-order valence-corrected chi connectivity index (χ2v) is 11.1. The van der Waals surface area contributed by atoms with E-state index < -0.39 is 9.84 Å². The molecule has 0 bridgehead atoms. The molecule has 36 heavy (non-hydrogen) atoms. The molecule has 0 spiro atoms. The van der Waals surface area contributed by atoms with Crippen molar-refractivity contribution in [2.45, 2.75) is 36.9 Å². The van der Waals surface area contributed by atoms with Gasteiger partial charge in [0.15, 0.2) is 14.9 Å². The van der Waals surface area contributed by atoms with Gasteiger partial charge in [0.2, 0.25) is 5.95 Å². The Morgan fingerprint density at radius 1 is 1.11 bits per heavy atom. The number of amides is 2. The van der Waals surface area contributed by atoms with Crippen molar-refractivity contribution in [2.75, 3.05) is 36.2 Å². The first kappa shape index (κ1) is 24.1. The van der Waals surface area contributed by atoms with Gasteiger partial charge in [-0.15, -0.1) is 0 Å². The Morgan fingerprint density at radius 2 is 1.86 bits per heavy atom. The fraction of sp³-hybridized carbons (Fsp3) is 0.360. The van der Waals surface area contributed by atoms with Crippen LogP contribution in [0, 0.1) is 0 Å². The Morgan fingerprint density at radius 3 is 2.56 bits per heavy atom. The molecule has 3 aromatic rings. The number of carbonyl (C=O) groups excluding carboxylic acids is 1. The van der Waals surface area contributed by atoms with Gasteiger partial charge in [0.05, 0.1) is 30.6 Å². The number of ether oxygens (including phenoxy) is 1. The average Bonchev–Trinajstić information content (AvgIpc) is 3.68. The van der Waals surface area contributed by atoms with Crippen LogP contribution in [0.5, 0.6) is 0 Å². The summed E-state index contributed by atoms with van der Waals surface area (Å²) in [5.41, 5.74) is 2.98. The highest BCUT2D eigenvalue weighted by molar-refractivity contribution is 7.90. The van der Waals surface area contributed by atoms with Gasteiger partial charge < -0.3 is 20.3 Å². The van der Waals surface area contributed by atoms with Gasteiger partial charge in [0, 0.05) is 41.9 Å². The van der Waals surface area contributed by atoms with Gasteiger partial charge >= 0.3 is 6.03 Å². The third-order valence-corrected chi connectivity index (χ3v) is 7.12. The lowest BCUT2D eigenvalue weighted by Gasteiger charge is -2.33. The Labute approximate surface area is 210 Å². The molecule has 1 atom stereocenters. The lowest BCUT2D eigenvalue weighted by molar-refractivity contribution is 0.0981. The van der Waals surface area contributed by atoms with Crippen molar-refractivity contribution in [3.8, 4) is 22.5 Å². The second-order valence-electron chi connectivity index (χ2n) is 9.13. The summed E-state index contributed by atoms with van der Waals surface area (Å²) in [6.07, 6.45) is 4.63. The zero-order valence-electron chi connectivity index (χ0n) is 20.1. The van der Waals surface area contributed by atoms with Crippen LogP contribution in [-0.2, 0) is 14.6 Å². The Bertz CT molecular complexity index is 1380. The predicted molar refractivity (Wildman–Crippen MR) is 137 cm³/mol. The SMILES string of the molecule is C[C@H]1COCCN1c1nc(-c2ccc(NC(=O)NC3CC3)cc2)cc(-c2cccnc2S(C)(=O)=O)n1. The van der Waals surface area contributed by atoms with E-state index in [-0.39, 0.29) is 23.1 Å². The molecule has 188 valence electrons. The Kier molecular flexibility index (Phi) is 6.59. The molecule has 2 aliphatic rings. The monoisotopic (exact) mass is 508 g/mol. The van der Waals surface area contributed by atoms with Crippen molar-refractivity contribution >= 4 is 27.5 Å². The molecule has 1 saturated carbocycles. The highest BCUT2D eigenvalue weighted by atomic mass is 32.2. The van der Waals surface area contributed by atoms with Crippen LogP contribution >= 0.6 is 0 Å². The highest BCUT2D eigenvalue weighted by Gasteiger charge is 2.25. The smallest absolute Gasteiger partial charge is 0.319 e. The van der Waals surface area contributed by atoms with Gasteiger partial charge in [-0.1, -0.05) is 12.1 Å². The Balaban J connectivity index is 1.53. The lowest BCUT2D eigenvalue weighted by Crippen LogP contribution is -2.44. The lowest BCUT2D eigenvalue weighted by atomic mass is 10.1. The number of hydrogen-bond acceptors (Lipinski definition) is 8. The zero-order valence-corrected chi connectivity index (χ0v) is 21.0. The zero-order chi connectivity index (χ0) is 25.3. The number of nitrogens with one attached hydrogen (secondary N) is 2. The first-order valence-electron chi connectivity index (χ1n) is 11.8. The standard InChI is InChI=1S/C25H28N6O4S/c1-16-15-35-13-12-31(16)24-29-21(14-22(30-24)20-4-3-11-26-23(20)36(2,33)34)17-5-7-18(8-6-17)27-25(32)28-19-9-10-19/h3-8,11,14,16,19H,9-10,12-13,15H2,1-2H3,(H2,27,28,32)/t16-/m0/s1. The number of nitrogens with zero attached hydrogens (tertiary/aromatic N) is 4. The number of anilines is 2. The van der Waals surface area contributed by atoms with Crippen molar-refractivity contribution in [2.24, 2.45) is 0 Å². The van der Waals surface area contributed by atoms with Crippen LogP contribution in [0.15, 0.2) is 53.7 Å². The average molecular weight is 509 g/mol. The number of hydrogen-bond donors (Lipinski definition) is 2. The van der Waals surface area contributed by atoms with E-state index in [1.165, 1.54) is 6.20 Å². The van der Waals surface area contributed by atoms with E-state index in [1.807, 2.05) is 31.2 Å². The van der Waals surface area contributed by atoms with Gasteiger partial charge in [-0.05, 0) is 50.1 Å². The van der Waals surface area contributed by atoms with Crippen LogP contribution in [0.2, 0.25) is 0 Å². The fourth-order valence-corrected chi connectivity index (χ4v) is 4.88. The summed E-state index contributed by atoms with van der Waals surface area (Å²) in [5.74, 6) is 0.493. The third kappa shape index (κ3) is 5.47. The number of rotatable bonds is 6. The molecular weight excluding hydrogens is 480 g/mol. The van der Waals surface area contributed by atoms with Gasteiger partial charge in [-0.3, -0.25) is 0 Å². The second kappa shape index (κ2) is 9.82. The fourth-order valence-electron chi connectivity index (χ4n) is 4.06. The first-order valence-corrected chi connectivity index (χ1v) is 13.7. The van der Waals surface area contributed by atoms with E-state index in [2.05, 4.69) is 20.5 Å². The van der Waals surface area contributed by atoms with Crippen molar-refractivity contribution < 1.29 is 17.9 Å². The minimum atomic E-state index is -3.58. The largest absolute Gasteiger partial charge is 0.377 e. The van der Waals surface area contributed by atoms with Crippen LogP contribution < -0.4 is 15.5 Å². The Hall–Kier alpha value is -3.57. The van der Waals surface area contributed by atoms with Crippen molar-refractivity contribution in [3.63, 3.8) is 0 Å². The number of sulfone groups is 1. The molecular formula is C25H28N6O4S. The van der Waals surface area contributed by atoms with E-state index in [4.69, 9.17) is 14.7 Å². The maximum Gasteiger partial charge on any atom is 0.319 e. The van der Waals surface area contributed by atoms with Crippen LogP contribution in [0.4, 0.5) is 16.4 Å². The molecule has 3 heterocycles. The van der Waals surface area contributed by atoms with E-state index in [1.54, 1.807) is 18.2 Å². The molecule has 0 radical (unpaired) electrons. The molecule has 1 aliphatic heterocycles. The number of morpholine rings is 1. The van der Waals surface area contributed by atoms with E-state index in [9.17, 15) is 13.2 Å². The van der Waals surface area contributed by atoms with Crippen LogP contribution in [0.1, 0.15) is 19.8 Å². The van der Waals surface area contributed by atoms with E-state index >= 15 is 0 Å². The normalized spacial score (nSPS) is 18.1. The molecule has 1 aromatic carbocycles. The molecule has 11 heteroatoms. The van der Waals surface area contributed by atoms with Crippen molar-refractivity contribution in [3.05, 3.63) is 48.7 Å². The van der Waals surface area contributed by atoms with Gasteiger partial charge in [-0.2, -0.15) is 0 Å². The van der Waals surface area contributed by atoms with Gasteiger partial charge in [0.25, 0.3) is 0 Å². The van der Waals surface area contributed by atoms with Crippen LogP contribution in [-0.4, -0.2) is 67.5 Å². The summed E-state index contributed by atoms with van der Waals surface area (Å²) >= 11 is 0. The summed E-state index contributed by atoms with van der Waals surface area (Å²) in [4.78, 5) is 27.8. The summed E-state index contributed by atoms with van der Waals surface area (Å²) in [5, 5.41) is 5.71. The van der Waals surface area contributed by atoms with Crippen molar-refractivity contribution in [1.82, 2.24) is 20.3 Å². The third-order valence-electron chi connectivity index (χ3n) is 6.09. The molecule has 2 N–H and O–H groups in total. The number of benzene rings is 1. The molecule has 0 unspecified atom stereocenters. The molecule has 1 saturated heterocycles. The van der Waals surface area contributed by atoms with Crippen LogP contribution in [0.3, 0.4) is 0 Å². The number of aromatic nitrogens is 3. The van der Waals surface area contributed by atoms with Crippen molar-refractivity contribution in [1.29, 1.82) is 0 Å². The summed E-state index contributed by atoms with van der Waals surface area (Å²) in [6, 6.07) is 12.6. The van der Waals surface area contributed by atoms with Crippen LogP contribution in [0.25, 0.3) is 22.5 Å². The molecule has 5 rings (SSSR count). The highest BCUT2D eigenvalue weighted by Crippen LogP contribution is 2.31. The number of carbonyl (C=O) groups is 1. The minimum Gasteiger partial charge on any atom is -0.377 e. The van der Waals surface area contributed by atoms with E-state index in [0.717, 1.165) is 24.7 Å². The summed E-state index contributed by atoms with van der Waals surface area (Å²) < 4.78 is 30.5. The summed E-state index contributed by atoms with van der Waals surface area (Å²) in [7, 11) is -3.58. The topological polar surface area (TPSA) is 126 Å². The predicted octanol–water partition coefficient (Wildman–Crippen LogP) is 3.12. The molecule has 2 aromatic heterocycles. The van der Waals surface area contributed by atoms with Gasteiger partial charge in [-0.25, -0.2) is 28.2 Å². The quantitative estimate of drug-likeness (QED) is 0.520. The maximum absolute atomic E-state index is 12.4. The maximum atomic E-state index is 12.4. The first-order chi connectivity index (χ1) is 17.3. The minimum absolute atomic E-state index is 0.0307. The molecule has 2 fully saturated rings. The molecule has 10 nitrogen and oxygen atoms in total. The molecule has 1 aliphatic carbocycles.